The van der Waals surface area contributed by atoms with Gasteiger partial charge in [0.2, 0.25) is 0 Å². The van der Waals surface area contributed by atoms with Crippen molar-refractivity contribution in [3.63, 3.8) is 0 Å². The zero-order chi connectivity index (χ0) is 13.8. The monoisotopic (exact) mass is 250 g/mol. The topological polar surface area (TPSA) is 49.9 Å². The summed E-state index contributed by atoms with van der Waals surface area (Å²) in [5.74, 6) is 0. The molecule has 2 aromatic carbocycles. The molecule has 0 aromatic heterocycles. The zero-order valence-corrected chi connectivity index (χ0v) is 11.3. The van der Waals surface area contributed by atoms with Crippen molar-refractivity contribution in [2.75, 3.05) is 5.73 Å². The summed E-state index contributed by atoms with van der Waals surface area (Å²) in [5, 5.41) is 9.27. The van der Waals surface area contributed by atoms with E-state index in [0.717, 1.165) is 22.2 Å². The number of hydrogen-bond acceptors (Lipinski definition) is 2. The van der Waals surface area contributed by atoms with Crippen LogP contribution in [0.2, 0.25) is 0 Å². The van der Waals surface area contributed by atoms with Gasteiger partial charge in [-0.1, -0.05) is 36.4 Å². The van der Waals surface area contributed by atoms with Gasteiger partial charge in [0.15, 0.2) is 0 Å². The second-order valence-electron chi connectivity index (χ2n) is 4.60. The van der Waals surface area contributed by atoms with Crippen LogP contribution in [0.1, 0.15) is 18.1 Å². The quantitative estimate of drug-likeness (QED) is 0.475. The number of aryl methyl sites for hydroxylation is 1. The second-order valence-corrected chi connectivity index (χ2v) is 4.60. The number of nitrogens with one attached hydrogen (secondary N) is 1. The third-order valence-electron chi connectivity index (χ3n) is 3.27. The van der Waals surface area contributed by atoms with Gasteiger partial charge in [0.05, 0.1) is 0 Å². The predicted octanol–water partition coefficient (Wildman–Crippen LogP) is 4.34. The van der Waals surface area contributed by atoms with Crippen molar-refractivity contribution in [2.45, 2.75) is 13.8 Å². The number of nitrogens with two attached hydrogens (primary N) is 1. The normalized spacial score (nSPS) is 12.2. The van der Waals surface area contributed by atoms with Crippen molar-refractivity contribution >= 4 is 28.2 Å². The molecule has 0 spiro atoms. The summed E-state index contributed by atoms with van der Waals surface area (Å²) >= 11 is 0. The Kier molecular flexibility index (Phi) is 3.81. The van der Waals surface area contributed by atoms with E-state index in [1.54, 1.807) is 6.08 Å². The van der Waals surface area contributed by atoms with Gasteiger partial charge in [-0.3, -0.25) is 0 Å². The van der Waals surface area contributed by atoms with Crippen LogP contribution in [0.5, 0.6) is 0 Å². The first-order chi connectivity index (χ1) is 9.15. The van der Waals surface area contributed by atoms with Gasteiger partial charge in [0.25, 0.3) is 0 Å². The van der Waals surface area contributed by atoms with Crippen molar-refractivity contribution in [3.05, 3.63) is 59.7 Å². The van der Waals surface area contributed by atoms with E-state index in [0.29, 0.717) is 0 Å². The Balaban J connectivity index is 2.62. The lowest BCUT2D eigenvalue weighted by Gasteiger charge is -2.12. The van der Waals surface area contributed by atoms with E-state index >= 15 is 0 Å². The van der Waals surface area contributed by atoms with E-state index < -0.39 is 0 Å². The molecule has 0 fully saturated rings. The van der Waals surface area contributed by atoms with Crippen molar-refractivity contribution < 1.29 is 0 Å². The number of rotatable bonds is 3. The molecule has 0 amide bonds. The largest absolute Gasteiger partial charge is 0.398 e. The fourth-order valence-electron chi connectivity index (χ4n) is 2.25. The first-order valence-electron chi connectivity index (χ1n) is 6.27. The molecule has 96 valence electrons. The van der Waals surface area contributed by atoms with Crippen LogP contribution in [0.4, 0.5) is 5.69 Å². The highest BCUT2D eigenvalue weighted by Gasteiger charge is 2.07. The first kappa shape index (κ1) is 13.1. The van der Waals surface area contributed by atoms with E-state index in [4.69, 9.17) is 11.1 Å². The summed E-state index contributed by atoms with van der Waals surface area (Å²) in [4.78, 5) is 0. The summed E-state index contributed by atoms with van der Waals surface area (Å²) in [6, 6.07) is 10.3. The summed E-state index contributed by atoms with van der Waals surface area (Å²) in [6.45, 7) is 4.14. The van der Waals surface area contributed by atoms with Crippen LogP contribution in [0.15, 0.2) is 48.6 Å². The van der Waals surface area contributed by atoms with E-state index in [1.807, 2.05) is 31.2 Å². The fraction of sp³-hybridized carbons (Fsp3) is 0.118. The minimum Gasteiger partial charge on any atom is -0.398 e. The predicted molar refractivity (Wildman–Crippen MR) is 84.7 cm³/mol. The van der Waals surface area contributed by atoms with E-state index in [-0.39, 0.29) is 0 Å². The van der Waals surface area contributed by atoms with E-state index in [1.165, 1.54) is 17.2 Å². The van der Waals surface area contributed by atoms with Crippen LogP contribution in [0.25, 0.3) is 16.3 Å². The Labute approximate surface area is 113 Å². The molecule has 0 aliphatic rings. The molecule has 0 bridgehead atoms. The van der Waals surface area contributed by atoms with Gasteiger partial charge in [0.1, 0.15) is 0 Å². The molecular weight excluding hydrogens is 232 g/mol. The third kappa shape index (κ3) is 2.58. The van der Waals surface area contributed by atoms with Crippen LogP contribution in [0.3, 0.4) is 0 Å². The molecule has 19 heavy (non-hydrogen) atoms. The molecule has 2 rings (SSSR count). The highest BCUT2D eigenvalue weighted by atomic mass is 14.6. The van der Waals surface area contributed by atoms with Gasteiger partial charge in [-0.15, -0.1) is 0 Å². The number of hydrogen-bond donors (Lipinski definition) is 2. The molecule has 0 saturated heterocycles. The van der Waals surface area contributed by atoms with Crippen molar-refractivity contribution in [1.82, 2.24) is 0 Å². The van der Waals surface area contributed by atoms with Gasteiger partial charge >= 0.3 is 0 Å². The molecule has 0 atom stereocenters. The van der Waals surface area contributed by atoms with Crippen molar-refractivity contribution in [1.29, 1.82) is 5.41 Å². The minimum absolute atomic E-state index is 0.818. The molecular formula is C17H18N2. The molecule has 3 N–H and O–H groups in total. The van der Waals surface area contributed by atoms with Gasteiger partial charge in [-0.05, 0) is 42.5 Å². The Morgan fingerprint density at radius 1 is 1.16 bits per heavy atom. The fourth-order valence-corrected chi connectivity index (χ4v) is 2.25. The van der Waals surface area contributed by atoms with Gasteiger partial charge in [0, 0.05) is 22.9 Å². The molecule has 0 saturated carbocycles. The molecule has 0 unspecified atom stereocenters. The summed E-state index contributed by atoms with van der Waals surface area (Å²) in [6.07, 6.45) is 6.78. The number of anilines is 1. The second kappa shape index (κ2) is 5.53. The number of benzene rings is 2. The zero-order valence-electron chi connectivity index (χ0n) is 11.3. The summed E-state index contributed by atoms with van der Waals surface area (Å²) < 4.78 is 0. The maximum absolute atomic E-state index is 6.97. The molecule has 2 nitrogen and oxygen atoms in total. The highest BCUT2D eigenvalue weighted by molar-refractivity contribution is 6.00. The van der Waals surface area contributed by atoms with Crippen molar-refractivity contribution in [2.24, 2.45) is 0 Å². The molecule has 2 aromatic rings. The van der Waals surface area contributed by atoms with Crippen LogP contribution in [0, 0.1) is 12.3 Å². The summed E-state index contributed by atoms with van der Waals surface area (Å²) in [5.41, 5.74) is 10.5. The lowest BCUT2D eigenvalue weighted by atomic mass is 9.95. The molecule has 0 radical (unpaired) electrons. The summed E-state index contributed by atoms with van der Waals surface area (Å²) in [7, 11) is 0. The first-order valence-corrected chi connectivity index (χ1v) is 6.27. The maximum atomic E-state index is 6.97. The van der Waals surface area contributed by atoms with Gasteiger partial charge in [-0.25, -0.2) is 0 Å². The SMILES string of the molecule is C/C(=C\C=C/C=N)c1cc(C)c2ccccc2c1N. The average Bonchev–Trinajstić information content (AvgIpc) is 2.43. The lowest BCUT2D eigenvalue weighted by molar-refractivity contribution is 1.48. The molecule has 0 aliphatic carbocycles. The lowest BCUT2D eigenvalue weighted by Crippen LogP contribution is -1.95. The Morgan fingerprint density at radius 2 is 1.84 bits per heavy atom. The molecule has 2 heteroatoms. The van der Waals surface area contributed by atoms with Crippen LogP contribution >= 0.6 is 0 Å². The third-order valence-corrected chi connectivity index (χ3v) is 3.27. The van der Waals surface area contributed by atoms with Crippen LogP contribution in [-0.4, -0.2) is 6.21 Å². The van der Waals surface area contributed by atoms with E-state index in [2.05, 4.69) is 25.1 Å². The van der Waals surface area contributed by atoms with Crippen LogP contribution in [-0.2, 0) is 0 Å². The number of fused-ring (bicyclic) bond motifs is 1. The average molecular weight is 250 g/mol. The highest BCUT2D eigenvalue weighted by Crippen LogP contribution is 2.31. The maximum Gasteiger partial charge on any atom is 0.0470 e. The Morgan fingerprint density at radius 3 is 2.53 bits per heavy atom. The standard InChI is InChI=1S/C17H18N2/c1-12(7-5-6-10-18)16-11-13(2)14-8-3-4-9-15(14)17(16)19/h3-11,18H,19H2,1-2H3/b6-5-,12-7+,18-10?. The van der Waals surface area contributed by atoms with Gasteiger partial charge < -0.3 is 11.1 Å². The Hall–Kier alpha value is -2.35. The van der Waals surface area contributed by atoms with Crippen molar-refractivity contribution in [3.8, 4) is 0 Å². The molecule has 0 aliphatic heterocycles. The van der Waals surface area contributed by atoms with Gasteiger partial charge in [-0.2, -0.15) is 0 Å². The smallest absolute Gasteiger partial charge is 0.0470 e. The molecule has 0 heterocycles. The van der Waals surface area contributed by atoms with Crippen LogP contribution < -0.4 is 5.73 Å². The number of allylic oxidation sites excluding steroid dienone is 4. The van der Waals surface area contributed by atoms with E-state index in [9.17, 15) is 0 Å². The minimum atomic E-state index is 0.818. The Bertz CT molecular complexity index is 679. The number of nitrogen functional groups attached to an aromatic ring is 1.